The minimum atomic E-state index is 0.366. The van der Waals surface area contributed by atoms with Crippen LogP contribution in [0.1, 0.15) is 5.76 Å². The second kappa shape index (κ2) is 3.99. The van der Waals surface area contributed by atoms with E-state index < -0.39 is 0 Å². The molecule has 2 N–H and O–H groups in total. The van der Waals surface area contributed by atoms with Gasteiger partial charge in [-0.15, -0.1) is 0 Å². The maximum absolute atomic E-state index is 5.80. The molecule has 0 aliphatic heterocycles. The fourth-order valence-corrected chi connectivity index (χ4v) is 1.66. The molecule has 0 fully saturated rings. The Morgan fingerprint density at radius 1 is 1.22 bits per heavy atom. The van der Waals surface area contributed by atoms with Crippen LogP contribution in [0.15, 0.2) is 39.7 Å². The normalized spacial score (nSPS) is 10.7. The third kappa shape index (κ3) is 1.64. The van der Waals surface area contributed by atoms with Gasteiger partial charge in [0, 0.05) is 6.20 Å². The Kier molecular flexibility index (Phi) is 2.33. The van der Waals surface area contributed by atoms with E-state index in [-0.39, 0.29) is 0 Å². The Bertz CT molecular complexity index is 687. The lowest BCUT2D eigenvalue weighted by Gasteiger charge is -1.97. The van der Waals surface area contributed by atoms with Gasteiger partial charge in [-0.25, -0.2) is 0 Å². The summed E-state index contributed by atoms with van der Waals surface area (Å²) in [6.07, 6.45) is 4.75. The molecular weight excluding hydrogens is 232 g/mol. The zero-order valence-electron chi connectivity index (χ0n) is 9.62. The first-order valence-corrected chi connectivity index (χ1v) is 5.34. The van der Waals surface area contributed by atoms with Crippen molar-refractivity contribution < 1.29 is 8.94 Å². The average molecular weight is 242 g/mol. The molecule has 6 nitrogen and oxygen atoms in total. The van der Waals surface area contributed by atoms with Gasteiger partial charge < -0.3 is 14.7 Å². The molecule has 0 amide bonds. The monoisotopic (exact) mass is 242 g/mol. The molecule has 3 aromatic heterocycles. The van der Waals surface area contributed by atoms with Crippen LogP contribution in [0.3, 0.4) is 0 Å². The van der Waals surface area contributed by atoms with E-state index >= 15 is 0 Å². The molecule has 0 saturated heterocycles. The third-order valence-electron chi connectivity index (χ3n) is 2.61. The number of furan rings is 1. The Balaban J connectivity index is 2.05. The van der Waals surface area contributed by atoms with E-state index in [2.05, 4.69) is 15.1 Å². The predicted molar refractivity (Wildman–Crippen MR) is 64.4 cm³/mol. The summed E-state index contributed by atoms with van der Waals surface area (Å²) in [5, 5.41) is 3.91. The second-order valence-electron chi connectivity index (χ2n) is 3.78. The summed E-state index contributed by atoms with van der Waals surface area (Å²) in [7, 11) is 0. The first-order chi connectivity index (χ1) is 8.75. The largest absolute Gasteiger partial charge is 0.469 e. The molecule has 90 valence electrons. The maximum Gasteiger partial charge on any atom is 0.260 e. The van der Waals surface area contributed by atoms with Crippen LogP contribution in [-0.2, 0) is 0 Å². The lowest BCUT2D eigenvalue weighted by molar-refractivity contribution is 0.432. The number of aromatic nitrogens is 3. The molecular formula is C12H10N4O2. The first kappa shape index (κ1) is 10.5. The summed E-state index contributed by atoms with van der Waals surface area (Å²) >= 11 is 0. The molecule has 0 saturated carbocycles. The average Bonchev–Trinajstić information content (AvgIpc) is 2.98. The van der Waals surface area contributed by atoms with Crippen LogP contribution in [0.4, 0.5) is 5.69 Å². The number of nitrogens with zero attached hydrogens (tertiary/aromatic N) is 3. The summed E-state index contributed by atoms with van der Waals surface area (Å²) in [5.41, 5.74) is 7.77. The number of pyridine rings is 1. The molecule has 0 unspecified atom stereocenters. The van der Waals surface area contributed by atoms with Crippen molar-refractivity contribution >= 4 is 5.69 Å². The molecule has 0 spiro atoms. The van der Waals surface area contributed by atoms with E-state index in [0.717, 1.165) is 11.3 Å². The highest BCUT2D eigenvalue weighted by atomic mass is 16.5. The van der Waals surface area contributed by atoms with Crippen molar-refractivity contribution in [2.45, 2.75) is 6.92 Å². The highest BCUT2D eigenvalue weighted by molar-refractivity contribution is 5.70. The minimum absolute atomic E-state index is 0.366. The Labute approximate surface area is 102 Å². The van der Waals surface area contributed by atoms with Crippen molar-refractivity contribution in [2.24, 2.45) is 0 Å². The number of aryl methyl sites for hydroxylation is 1. The molecule has 6 heteroatoms. The Morgan fingerprint density at radius 2 is 2.11 bits per heavy atom. The SMILES string of the molecule is Cc1occc1-c1noc(-c2ccncc2N)n1. The van der Waals surface area contributed by atoms with Crippen LogP contribution in [0, 0.1) is 6.92 Å². The zero-order chi connectivity index (χ0) is 12.5. The first-order valence-electron chi connectivity index (χ1n) is 5.34. The summed E-state index contributed by atoms with van der Waals surface area (Å²) in [4.78, 5) is 8.21. The van der Waals surface area contributed by atoms with E-state index in [1.54, 1.807) is 30.8 Å². The Morgan fingerprint density at radius 3 is 2.83 bits per heavy atom. The zero-order valence-corrected chi connectivity index (χ0v) is 9.62. The molecule has 3 rings (SSSR count). The smallest absolute Gasteiger partial charge is 0.260 e. The van der Waals surface area contributed by atoms with Gasteiger partial charge in [0.1, 0.15) is 5.76 Å². The fraction of sp³-hybridized carbons (Fsp3) is 0.0833. The molecule has 0 radical (unpaired) electrons. The fourth-order valence-electron chi connectivity index (χ4n) is 1.66. The van der Waals surface area contributed by atoms with Gasteiger partial charge >= 0.3 is 0 Å². The third-order valence-corrected chi connectivity index (χ3v) is 2.61. The van der Waals surface area contributed by atoms with Gasteiger partial charge in [0.15, 0.2) is 0 Å². The molecule has 0 bridgehead atoms. The molecule has 0 aliphatic carbocycles. The number of rotatable bonds is 2. The van der Waals surface area contributed by atoms with E-state index in [1.807, 2.05) is 6.92 Å². The van der Waals surface area contributed by atoms with Crippen molar-refractivity contribution in [1.29, 1.82) is 0 Å². The topological polar surface area (TPSA) is 91.0 Å². The predicted octanol–water partition coefficient (Wildman–Crippen LogP) is 2.28. The molecule has 18 heavy (non-hydrogen) atoms. The molecule has 0 aromatic carbocycles. The van der Waals surface area contributed by atoms with E-state index in [0.29, 0.717) is 23.0 Å². The van der Waals surface area contributed by atoms with Gasteiger partial charge in [0.2, 0.25) is 5.82 Å². The van der Waals surface area contributed by atoms with Gasteiger partial charge in [-0.1, -0.05) is 5.16 Å². The number of anilines is 1. The van der Waals surface area contributed by atoms with E-state index in [1.165, 1.54) is 0 Å². The number of hydrogen-bond acceptors (Lipinski definition) is 6. The van der Waals surface area contributed by atoms with Crippen molar-refractivity contribution in [1.82, 2.24) is 15.1 Å². The minimum Gasteiger partial charge on any atom is -0.469 e. The van der Waals surface area contributed by atoms with Crippen molar-refractivity contribution in [2.75, 3.05) is 5.73 Å². The van der Waals surface area contributed by atoms with Crippen LogP contribution >= 0.6 is 0 Å². The lowest BCUT2D eigenvalue weighted by Crippen LogP contribution is -1.90. The number of nitrogen functional groups attached to an aromatic ring is 1. The summed E-state index contributed by atoms with van der Waals surface area (Å²) in [6, 6.07) is 3.52. The van der Waals surface area contributed by atoms with Gasteiger partial charge in [-0.3, -0.25) is 4.98 Å². The quantitative estimate of drug-likeness (QED) is 0.741. The Hall–Kier alpha value is -2.63. The molecule has 0 aliphatic rings. The number of nitrogens with two attached hydrogens (primary N) is 1. The van der Waals surface area contributed by atoms with Crippen LogP contribution < -0.4 is 5.73 Å². The molecule has 0 atom stereocenters. The standard InChI is InChI=1S/C12H10N4O2/c1-7-8(3-5-17-7)11-15-12(18-16-11)9-2-4-14-6-10(9)13/h2-6H,13H2,1H3. The lowest BCUT2D eigenvalue weighted by atomic mass is 10.2. The van der Waals surface area contributed by atoms with Gasteiger partial charge in [-0.2, -0.15) is 4.98 Å². The van der Waals surface area contributed by atoms with Gasteiger partial charge in [0.25, 0.3) is 5.89 Å². The maximum atomic E-state index is 5.80. The van der Waals surface area contributed by atoms with Crippen molar-refractivity contribution in [3.8, 4) is 22.8 Å². The van der Waals surface area contributed by atoms with Crippen LogP contribution in [0.2, 0.25) is 0 Å². The van der Waals surface area contributed by atoms with Crippen molar-refractivity contribution in [3.63, 3.8) is 0 Å². The molecule has 3 aromatic rings. The number of hydrogen-bond donors (Lipinski definition) is 1. The molecule has 3 heterocycles. The van der Waals surface area contributed by atoms with Crippen molar-refractivity contribution in [3.05, 3.63) is 36.5 Å². The van der Waals surface area contributed by atoms with Gasteiger partial charge in [0.05, 0.1) is 29.3 Å². The van der Waals surface area contributed by atoms with Gasteiger partial charge in [-0.05, 0) is 19.1 Å². The van der Waals surface area contributed by atoms with Crippen LogP contribution in [0.25, 0.3) is 22.8 Å². The highest BCUT2D eigenvalue weighted by Gasteiger charge is 2.15. The van der Waals surface area contributed by atoms with Crippen LogP contribution in [0.5, 0.6) is 0 Å². The van der Waals surface area contributed by atoms with E-state index in [4.69, 9.17) is 14.7 Å². The summed E-state index contributed by atoms with van der Waals surface area (Å²) < 4.78 is 10.4. The summed E-state index contributed by atoms with van der Waals surface area (Å²) in [5.74, 6) is 1.59. The highest BCUT2D eigenvalue weighted by Crippen LogP contribution is 2.27. The second-order valence-corrected chi connectivity index (χ2v) is 3.78. The van der Waals surface area contributed by atoms with E-state index in [9.17, 15) is 0 Å². The van der Waals surface area contributed by atoms with Crippen LogP contribution in [-0.4, -0.2) is 15.1 Å². The summed E-state index contributed by atoms with van der Waals surface area (Å²) in [6.45, 7) is 1.84.